The number of rotatable bonds is 3. The molecule has 1 saturated heterocycles. The van der Waals surface area contributed by atoms with Gasteiger partial charge in [0.2, 0.25) is 0 Å². The molecule has 1 aliphatic carbocycles. The zero-order valence-corrected chi connectivity index (χ0v) is 13.6. The minimum Gasteiger partial charge on any atom is -0.445 e. The summed E-state index contributed by atoms with van der Waals surface area (Å²) in [7, 11) is 0. The van der Waals surface area contributed by atoms with Crippen molar-refractivity contribution in [3.63, 3.8) is 0 Å². The van der Waals surface area contributed by atoms with Gasteiger partial charge in [0.15, 0.2) is 0 Å². The van der Waals surface area contributed by atoms with Gasteiger partial charge in [-0.15, -0.1) is 0 Å². The Kier molecular flexibility index (Phi) is 4.22. The van der Waals surface area contributed by atoms with Crippen LogP contribution in [0.1, 0.15) is 29.0 Å². The van der Waals surface area contributed by atoms with Crippen LogP contribution in [0.15, 0.2) is 48.5 Å². The third-order valence-corrected chi connectivity index (χ3v) is 4.98. The molecule has 0 aromatic heterocycles. The molecule has 2 aromatic carbocycles. The van der Waals surface area contributed by atoms with Gasteiger partial charge in [0.1, 0.15) is 6.10 Å². The first-order chi connectivity index (χ1) is 11.8. The van der Waals surface area contributed by atoms with Crippen molar-refractivity contribution in [3.8, 4) is 0 Å². The summed E-state index contributed by atoms with van der Waals surface area (Å²) in [4.78, 5) is 12.1. The molecule has 1 atom stereocenters. The number of amides is 1. The first kappa shape index (κ1) is 15.2. The van der Waals surface area contributed by atoms with E-state index < -0.39 is 0 Å². The number of fused-ring (bicyclic) bond motifs is 1. The van der Waals surface area contributed by atoms with Crippen LogP contribution in [0.25, 0.3) is 0 Å². The smallest absolute Gasteiger partial charge is 0.411 e. The highest BCUT2D eigenvalue weighted by Gasteiger charge is 2.24. The minimum absolute atomic E-state index is 0.0637. The van der Waals surface area contributed by atoms with E-state index in [0.717, 1.165) is 31.6 Å². The first-order valence-electron chi connectivity index (χ1n) is 8.63. The Hall–Kier alpha value is -2.33. The zero-order chi connectivity index (χ0) is 16.4. The fourth-order valence-electron chi connectivity index (χ4n) is 3.68. The van der Waals surface area contributed by atoms with Crippen molar-refractivity contribution in [1.82, 2.24) is 5.32 Å². The Morgan fingerprint density at radius 1 is 1.04 bits per heavy atom. The summed E-state index contributed by atoms with van der Waals surface area (Å²) in [5.41, 5.74) is 4.67. The lowest BCUT2D eigenvalue weighted by Crippen LogP contribution is -2.22. The van der Waals surface area contributed by atoms with Gasteiger partial charge in [-0.05, 0) is 47.7 Å². The van der Waals surface area contributed by atoms with E-state index in [1.807, 2.05) is 24.3 Å². The molecule has 24 heavy (non-hydrogen) atoms. The second kappa shape index (κ2) is 6.65. The maximum Gasteiger partial charge on any atom is 0.411 e. The van der Waals surface area contributed by atoms with Gasteiger partial charge in [0.05, 0.1) is 0 Å². The predicted octanol–water partition coefficient (Wildman–Crippen LogP) is 3.48. The molecule has 4 nitrogen and oxygen atoms in total. The second-order valence-electron chi connectivity index (χ2n) is 6.64. The molecule has 1 heterocycles. The number of ether oxygens (including phenoxy) is 1. The molecular weight excluding hydrogens is 300 g/mol. The third kappa shape index (κ3) is 3.29. The molecule has 2 aliphatic rings. The average Bonchev–Trinajstić information content (AvgIpc) is 3.24. The van der Waals surface area contributed by atoms with E-state index in [0.29, 0.717) is 5.92 Å². The highest BCUT2D eigenvalue weighted by atomic mass is 16.6. The lowest BCUT2D eigenvalue weighted by Gasteiger charge is -2.13. The van der Waals surface area contributed by atoms with E-state index in [2.05, 4.69) is 34.9 Å². The highest BCUT2D eigenvalue weighted by molar-refractivity contribution is 5.84. The largest absolute Gasteiger partial charge is 0.445 e. The van der Waals surface area contributed by atoms with Crippen LogP contribution in [0.2, 0.25) is 0 Å². The predicted molar refractivity (Wildman–Crippen MR) is 94.4 cm³/mol. The molecule has 1 amide bonds. The monoisotopic (exact) mass is 322 g/mol. The number of hydrogen-bond donors (Lipinski definition) is 2. The third-order valence-electron chi connectivity index (χ3n) is 4.98. The number of hydrogen-bond acceptors (Lipinski definition) is 3. The number of anilines is 1. The summed E-state index contributed by atoms with van der Waals surface area (Å²) < 4.78 is 5.57. The SMILES string of the molecule is O=C(Nc1ccc([C@H]2CCNC2)cc1)OC1Cc2ccccc2C1. The molecule has 2 N–H and O–H groups in total. The summed E-state index contributed by atoms with van der Waals surface area (Å²) in [5, 5.41) is 6.21. The van der Waals surface area contributed by atoms with Gasteiger partial charge in [0.25, 0.3) is 0 Å². The van der Waals surface area contributed by atoms with Gasteiger partial charge in [-0.25, -0.2) is 4.79 Å². The van der Waals surface area contributed by atoms with Crippen LogP contribution in [0.4, 0.5) is 10.5 Å². The Morgan fingerprint density at radius 2 is 1.75 bits per heavy atom. The molecule has 0 radical (unpaired) electrons. The summed E-state index contributed by atoms with van der Waals surface area (Å²) >= 11 is 0. The van der Waals surface area contributed by atoms with Crippen LogP contribution >= 0.6 is 0 Å². The molecule has 2 aromatic rings. The number of carbonyl (C=O) groups is 1. The Bertz CT molecular complexity index is 696. The quantitative estimate of drug-likeness (QED) is 0.909. The van der Waals surface area contributed by atoms with E-state index in [1.54, 1.807) is 0 Å². The second-order valence-corrected chi connectivity index (χ2v) is 6.64. The Morgan fingerprint density at radius 3 is 2.38 bits per heavy atom. The van der Waals surface area contributed by atoms with E-state index >= 15 is 0 Å². The number of benzene rings is 2. The van der Waals surface area contributed by atoms with Gasteiger partial charge < -0.3 is 10.1 Å². The molecule has 124 valence electrons. The molecule has 1 fully saturated rings. The fourth-order valence-corrected chi connectivity index (χ4v) is 3.68. The minimum atomic E-state index is -0.372. The number of carbonyl (C=O) groups excluding carboxylic acids is 1. The van der Waals surface area contributed by atoms with E-state index in [-0.39, 0.29) is 12.2 Å². The molecule has 1 aliphatic heterocycles. The zero-order valence-electron chi connectivity index (χ0n) is 13.6. The lowest BCUT2D eigenvalue weighted by molar-refractivity contribution is 0.116. The van der Waals surface area contributed by atoms with Crippen molar-refractivity contribution >= 4 is 11.8 Å². The van der Waals surface area contributed by atoms with Crippen LogP contribution < -0.4 is 10.6 Å². The van der Waals surface area contributed by atoms with Crippen molar-refractivity contribution in [3.05, 3.63) is 65.2 Å². The van der Waals surface area contributed by atoms with Crippen molar-refractivity contribution in [2.24, 2.45) is 0 Å². The van der Waals surface area contributed by atoms with Crippen LogP contribution in [-0.4, -0.2) is 25.3 Å². The summed E-state index contributed by atoms with van der Waals surface area (Å²) in [6, 6.07) is 16.4. The number of nitrogens with one attached hydrogen (secondary N) is 2. The highest BCUT2D eigenvalue weighted by Crippen LogP contribution is 2.25. The van der Waals surface area contributed by atoms with Crippen molar-refractivity contribution < 1.29 is 9.53 Å². The van der Waals surface area contributed by atoms with E-state index in [1.165, 1.54) is 23.1 Å². The summed E-state index contributed by atoms with van der Waals surface area (Å²) in [6.07, 6.45) is 2.35. The average molecular weight is 322 g/mol. The maximum absolute atomic E-state index is 12.1. The van der Waals surface area contributed by atoms with Gasteiger partial charge in [-0.2, -0.15) is 0 Å². The lowest BCUT2D eigenvalue weighted by atomic mass is 9.98. The van der Waals surface area contributed by atoms with Crippen LogP contribution in [-0.2, 0) is 17.6 Å². The molecule has 0 bridgehead atoms. The Labute approximate surface area is 142 Å². The Balaban J connectivity index is 1.32. The van der Waals surface area contributed by atoms with Gasteiger partial charge in [0, 0.05) is 25.1 Å². The van der Waals surface area contributed by atoms with Crippen LogP contribution in [0, 0.1) is 0 Å². The van der Waals surface area contributed by atoms with Crippen LogP contribution in [0.3, 0.4) is 0 Å². The molecular formula is C20H22N2O2. The molecule has 0 saturated carbocycles. The standard InChI is InChI=1S/C20H22N2O2/c23-20(24-19-11-15-3-1-2-4-16(15)12-19)22-18-7-5-14(6-8-18)17-9-10-21-13-17/h1-8,17,19,21H,9-13H2,(H,22,23)/t17-/m0/s1. The molecule has 4 heteroatoms. The van der Waals surface area contributed by atoms with Gasteiger partial charge >= 0.3 is 6.09 Å². The maximum atomic E-state index is 12.1. The van der Waals surface area contributed by atoms with Crippen LogP contribution in [0.5, 0.6) is 0 Å². The fraction of sp³-hybridized carbons (Fsp3) is 0.350. The van der Waals surface area contributed by atoms with Crippen molar-refractivity contribution in [2.45, 2.75) is 31.3 Å². The van der Waals surface area contributed by atoms with Crippen molar-refractivity contribution in [1.29, 1.82) is 0 Å². The topological polar surface area (TPSA) is 50.4 Å². The van der Waals surface area contributed by atoms with E-state index in [4.69, 9.17) is 4.74 Å². The first-order valence-corrected chi connectivity index (χ1v) is 8.63. The molecule has 0 spiro atoms. The molecule has 4 rings (SSSR count). The van der Waals surface area contributed by atoms with Gasteiger partial charge in [-0.3, -0.25) is 5.32 Å². The summed E-state index contributed by atoms with van der Waals surface area (Å²) in [6.45, 7) is 2.12. The summed E-state index contributed by atoms with van der Waals surface area (Å²) in [5.74, 6) is 0.586. The van der Waals surface area contributed by atoms with Crippen molar-refractivity contribution in [2.75, 3.05) is 18.4 Å². The normalized spacial score (nSPS) is 19.9. The van der Waals surface area contributed by atoms with Gasteiger partial charge in [-0.1, -0.05) is 36.4 Å². The van der Waals surface area contributed by atoms with E-state index in [9.17, 15) is 4.79 Å². The molecule has 0 unspecified atom stereocenters.